The summed E-state index contributed by atoms with van der Waals surface area (Å²) in [7, 11) is -0.952. The molecule has 5 nitrogen and oxygen atoms in total. The van der Waals surface area contributed by atoms with E-state index in [9.17, 15) is 8.42 Å². The Morgan fingerprint density at radius 2 is 1.46 bits per heavy atom. The molecular weight excluding hydrogens is 328 g/mol. The second kappa shape index (κ2) is 6.41. The topological polar surface area (TPSA) is 61.8 Å². The van der Waals surface area contributed by atoms with E-state index in [1.807, 2.05) is 6.07 Å². The van der Waals surface area contributed by atoms with Crippen molar-refractivity contribution < 1.29 is 22.1 Å². The Morgan fingerprint density at radius 3 is 2.17 bits per heavy atom. The lowest BCUT2D eigenvalue weighted by Gasteiger charge is -2.12. The van der Waals surface area contributed by atoms with Crippen LogP contribution in [0.5, 0.6) is 17.2 Å². The lowest BCUT2D eigenvalue weighted by atomic mass is 10.1. The van der Waals surface area contributed by atoms with E-state index >= 15 is 0 Å². The van der Waals surface area contributed by atoms with Gasteiger partial charge in [-0.3, -0.25) is 0 Å². The Bertz CT molecular complexity index is 980. The number of rotatable bonds is 5. The van der Waals surface area contributed by atoms with E-state index in [4.69, 9.17) is 13.7 Å². The number of hydrogen-bond acceptors (Lipinski definition) is 5. The third-order valence-electron chi connectivity index (χ3n) is 3.58. The van der Waals surface area contributed by atoms with E-state index in [0.29, 0.717) is 22.3 Å². The van der Waals surface area contributed by atoms with Crippen molar-refractivity contribution in [3.05, 3.63) is 60.7 Å². The summed E-state index contributed by atoms with van der Waals surface area (Å²) < 4.78 is 41.1. The zero-order valence-corrected chi connectivity index (χ0v) is 14.0. The van der Waals surface area contributed by atoms with Crippen molar-refractivity contribution in [1.29, 1.82) is 0 Å². The quantitative estimate of drug-likeness (QED) is 0.662. The van der Waals surface area contributed by atoms with Crippen LogP contribution in [-0.4, -0.2) is 22.6 Å². The lowest BCUT2D eigenvalue weighted by Crippen LogP contribution is -2.10. The van der Waals surface area contributed by atoms with E-state index in [-0.39, 0.29) is 10.6 Å². The molecule has 0 atom stereocenters. The molecule has 0 amide bonds. The Labute approximate surface area is 140 Å². The molecule has 0 fully saturated rings. The average Bonchev–Trinajstić information content (AvgIpc) is 2.60. The minimum absolute atomic E-state index is 0.0849. The molecule has 3 aromatic carbocycles. The average molecular weight is 344 g/mol. The van der Waals surface area contributed by atoms with E-state index < -0.39 is 10.1 Å². The first-order valence-corrected chi connectivity index (χ1v) is 8.60. The maximum absolute atomic E-state index is 12.7. The summed E-state index contributed by atoms with van der Waals surface area (Å²) in [6, 6.07) is 16.7. The van der Waals surface area contributed by atoms with Gasteiger partial charge in [-0.1, -0.05) is 30.3 Å². The van der Waals surface area contributed by atoms with E-state index in [0.717, 1.165) is 0 Å². The van der Waals surface area contributed by atoms with Gasteiger partial charge >= 0.3 is 10.1 Å². The molecule has 6 heteroatoms. The van der Waals surface area contributed by atoms with Crippen molar-refractivity contribution in [2.45, 2.75) is 4.90 Å². The highest BCUT2D eigenvalue weighted by molar-refractivity contribution is 7.87. The summed E-state index contributed by atoms with van der Waals surface area (Å²) in [5, 5.41) is 1.25. The van der Waals surface area contributed by atoms with E-state index in [1.54, 1.807) is 49.6 Å². The lowest BCUT2D eigenvalue weighted by molar-refractivity contribution is 0.411. The largest absolute Gasteiger partial charge is 0.497 e. The molecule has 124 valence electrons. The van der Waals surface area contributed by atoms with Gasteiger partial charge in [-0.25, -0.2) is 0 Å². The van der Waals surface area contributed by atoms with Crippen LogP contribution in [0, 0.1) is 0 Å². The second-order valence-corrected chi connectivity index (χ2v) is 6.54. The van der Waals surface area contributed by atoms with Crippen LogP contribution in [0.15, 0.2) is 65.6 Å². The summed E-state index contributed by atoms with van der Waals surface area (Å²) >= 11 is 0. The molecule has 0 aliphatic rings. The SMILES string of the molecule is COc1cccc(OS(=O)(=O)c2ccc(OC)c3ccccc23)c1. The first-order valence-electron chi connectivity index (χ1n) is 7.19. The molecule has 0 aromatic heterocycles. The molecule has 3 aromatic rings. The van der Waals surface area contributed by atoms with Crippen LogP contribution in [0.25, 0.3) is 10.8 Å². The summed E-state index contributed by atoms with van der Waals surface area (Å²) in [4.78, 5) is 0.0849. The molecule has 0 spiro atoms. The molecule has 0 aliphatic carbocycles. The highest BCUT2D eigenvalue weighted by Crippen LogP contribution is 2.32. The predicted octanol–water partition coefficient (Wildman–Crippen LogP) is 3.62. The fraction of sp³-hybridized carbons (Fsp3) is 0.111. The molecule has 0 radical (unpaired) electrons. The van der Waals surface area contributed by atoms with Crippen LogP contribution in [-0.2, 0) is 10.1 Å². The normalized spacial score (nSPS) is 11.2. The van der Waals surface area contributed by atoms with Crippen molar-refractivity contribution >= 4 is 20.9 Å². The molecule has 0 N–H and O–H groups in total. The Kier molecular flexibility index (Phi) is 4.31. The van der Waals surface area contributed by atoms with Gasteiger partial charge in [-0.05, 0) is 24.3 Å². The van der Waals surface area contributed by atoms with E-state index in [1.165, 1.54) is 19.2 Å². The number of methoxy groups -OCH3 is 2. The fourth-order valence-electron chi connectivity index (χ4n) is 2.46. The van der Waals surface area contributed by atoms with Crippen LogP contribution >= 0.6 is 0 Å². The second-order valence-electron chi connectivity index (χ2n) is 5.03. The first-order chi connectivity index (χ1) is 11.5. The van der Waals surface area contributed by atoms with Crippen molar-refractivity contribution in [1.82, 2.24) is 0 Å². The standard InChI is InChI=1S/C18H16O5S/c1-21-13-6-5-7-14(12-13)23-24(19,20)18-11-10-17(22-2)15-8-3-4-9-16(15)18/h3-12H,1-2H3. The number of ether oxygens (including phenoxy) is 2. The number of hydrogen-bond donors (Lipinski definition) is 0. The summed E-state index contributed by atoms with van der Waals surface area (Å²) in [6.07, 6.45) is 0. The maximum atomic E-state index is 12.7. The number of benzene rings is 3. The zero-order chi connectivity index (χ0) is 17.2. The third kappa shape index (κ3) is 3.00. The van der Waals surface area contributed by atoms with Gasteiger partial charge in [0, 0.05) is 16.8 Å². The predicted molar refractivity (Wildman–Crippen MR) is 91.3 cm³/mol. The molecule has 0 saturated heterocycles. The van der Waals surface area contributed by atoms with Crippen LogP contribution in [0.3, 0.4) is 0 Å². The van der Waals surface area contributed by atoms with Gasteiger partial charge in [0.25, 0.3) is 0 Å². The number of fused-ring (bicyclic) bond motifs is 1. The fourth-order valence-corrected chi connectivity index (χ4v) is 3.59. The molecule has 0 unspecified atom stereocenters. The summed E-state index contributed by atoms with van der Waals surface area (Å²) in [5.74, 6) is 1.31. The van der Waals surface area contributed by atoms with Gasteiger partial charge in [-0.2, -0.15) is 8.42 Å². The van der Waals surface area contributed by atoms with Gasteiger partial charge in [0.1, 0.15) is 22.1 Å². The van der Waals surface area contributed by atoms with Gasteiger partial charge in [0.15, 0.2) is 0 Å². The van der Waals surface area contributed by atoms with Crippen LogP contribution in [0.1, 0.15) is 0 Å². The Morgan fingerprint density at radius 1 is 0.750 bits per heavy atom. The summed E-state index contributed by atoms with van der Waals surface area (Å²) in [5.41, 5.74) is 0. The van der Waals surface area contributed by atoms with Crippen molar-refractivity contribution in [2.24, 2.45) is 0 Å². The zero-order valence-electron chi connectivity index (χ0n) is 13.2. The van der Waals surface area contributed by atoms with Crippen LogP contribution < -0.4 is 13.7 Å². The Balaban J connectivity index is 2.08. The monoisotopic (exact) mass is 344 g/mol. The van der Waals surface area contributed by atoms with Crippen molar-refractivity contribution in [3.8, 4) is 17.2 Å². The van der Waals surface area contributed by atoms with Crippen molar-refractivity contribution in [2.75, 3.05) is 14.2 Å². The van der Waals surface area contributed by atoms with Gasteiger partial charge in [-0.15, -0.1) is 0 Å². The maximum Gasteiger partial charge on any atom is 0.339 e. The molecule has 24 heavy (non-hydrogen) atoms. The molecule has 0 aliphatic heterocycles. The van der Waals surface area contributed by atoms with Crippen LogP contribution in [0.4, 0.5) is 0 Å². The van der Waals surface area contributed by atoms with Gasteiger partial charge in [0.2, 0.25) is 0 Å². The minimum Gasteiger partial charge on any atom is -0.497 e. The van der Waals surface area contributed by atoms with Gasteiger partial charge < -0.3 is 13.7 Å². The van der Waals surface area contributed by atoms with Crippen molar-refractivity contribution in [3.63, 3.8) is 0 Å². The minimum atomic E-state index is -4.00. The van der Waals surface area contributed by atoms with Gasteiger partial charge in [0.05, 0.1) is 14.2 Å². The van der Waals surface area contributed by atoms with Crippen LogP contribution in [0.2, 0.25) is 0 Å². The molecule has 3 rings (SSSR count). The molecule has 0 heterocycles. The molecule has 0 bridgehead atoms. The summed E-state index contributed by atoms with van der Waals surface area (Å²) in [6.45, 7) is 0. The Hall–Kier alpha value is -2.73. The highest BCUT2D eigenvalue weighted by atomic mass is 32.2. The smallest absolute Gasteiger partial charge is 0.339 e. The van der Waals surface area contributed by atoms with E-state index in [2.05, 4.69) is 0 Å². The first kappa shape index (κ1) is 16.1. The highest BCUT2D eigenvalue weighted by Gasteiger charge is 2.21. The molecular formula is C18H16O5S. The third-order valence-corrected chi connectivity index (χ3v) is 4.89. The molecule has 0 saturated carbocycles.